The minimum atomic E-state index is -0.695. The maximum atomic E-state index is 10.1. The molecular weight excluding hydrogens is 192 g/mol. The minimum Gasteiger partial charge on any atom is -0.382 e. The molecule has 0 aliphatic heterocycles. The Labute approximate surface area is 88.0 Å². The van der Waals surface area contributed by atoms with E-state index in [0.717, 1.165) is 11.3 Å². The van der Waals surface area contributed by atoms with E-state index in [0.29, 0.717) is 5.69 Å². The second kappa shape index (κ2) is 3.51. The first-order valence-electron chi connectivity index (χ1n) is 4.75. The standard InChI is InChI=1S/C10H14N4O/c1-7-8(6-14(3)11-7)10(15)9-4-5-13(2)12-9/h4-6,10,15H,1-3H3. The molecule has 0 saturated heterocycles. The summed E-state index contributed by atoms with van der Waals surface area (Å²) >= 11 is 0. The predicted octanol–water partition coefficient (Wildman–Crippen LogP) is 0.544. The Balaban J connectivity index is 2.35. The lowest BCUT2D eigenvalue weighted by atomic mass is 10.1. The summed E-state index contributed by atoms with van der Waals surface area (Å²) in [4.78, 5) is 0. The summed E-state index contributed by atoms with van der Waals surface area (Å²) in [6, 6.07) is 1.80. The number of nitrogens with zero attached hydrogens (tertiary/aromatic N) is 4. The van der Waals surface area contributed by atoms with E-state index < -0.39 is 6.10 Å². The highest BCUT2D eigenvalue weighted by molar-refractivity contribution is 5.25. The van der Waals surface area contributed by atoms with E-state index in [1.807, 2.05) is 33.4 Å². The van der Waals surface area contributed by atoms with Crippen molar-refractivity contribution in [3.05, 3.63) is 35.4 Å². The highest BCUT2D eigenvalue weighted by Crippen LogP contribution is 2.22. The number of aryl methyl sites for hydroxylation is 3. The number of hydrogen-bond acceptors (Lipinski definition) is 3. The van der Waals surface area contributed by atoms with Crippen LogP contribution in [-0.2, 0) is 14.1 Å². The van der Waals surface area contributed by atoms with Crippen molar-refractivity contribution in [1.29, 1.82) is 0 Å². The van der Waals surface area contributed by atoms with Crippen molar-refractivity contribution in [2.24, 2.45) is 14.1 Å². The van der Waals surface area contributed by atoms with Crippen LogP contribution in [0.2, 0.25) is 0 Å². The normalized spacial score (nSPS) is 13.1. The zero-order valence-corrected chi connectivity index (χ0v) is 9.05. The second-order valence-electron chi connectivity index (χ2n) is 3.66. The van der Waals surface area contributed by atoms with E-state index in [9.17, 15) is 5.11 Å². The van der Waals surface area contributed by atoms with Gasteiger partial charge in [-0.05, 0) is 13.0 Å². The van der Waals surface area contributed by atoms with Crippen LogP contribution in [-0.4, -0.2) is 24.7 Å². The summed E-state index contributed by atoms with van der Waals surface area (Å²) in [5.41, 5.74) is 2.28. The van der Waals surface area contributed by atoms with Crippen LogP contribution in [0.4, 0.5) is 0 Å². The van der Waals surface area contributed by atoms with Crippen molar-refractivity contribution in [1.82, 2.24) is 19.6 Å². The summed E-state index contributed by atoms with van der Waals surface area (Å²) in [6.07, 6.45) is 2.93. The van der Waals surface area contributed by atoms with Crippen molar-refractivity contribution in [3.63, 3.8) is 0 Å². The molecule has 0 aliphatic carbocycles. The fraction of sp³-hybridized carbons (Fsp3) is 0.400. The molecule has 0 fully saturated rings. The number of hydrogen-bond donors (Lipinski definition) is 1. The molecule has 0 amide bonds. The third-order valence-electron chi connectivity index (χ3n) is 2.36. The van der Waals surface area contributed by atoms with Crippen LogP contribution >= 0.6 is 0 Å². The first-order chi connectivity index (χ1) is 7.08. The van der Waals surface area contributed by atoms with Crippen molar-refractivity contribution in [2.75, 3.05) is 0 Å². The van der Waals surface area contributed by atoms with Crippen molar-refractivity contribution < 1.29 is 5.11 Å². The molecule has 2 aromatic heterocycles. The molecule has 0 bridgehead atoms. The van der Waals surface area contributed by atoms with Gasteiger partial charge in [-0.15, -0.1) is 0 Å². The van der Waals surface area contributed by atoms with Gasteiger partial charge in [-0.25, -0.2) is 0 Å². The highest BCUT2D eigenvalue weighted by Gasteiger charge is 2.17. The SMILES string of the molecule is Cc1nn(C)cc1C(O)c1ccn(C)n1. The van der Waals surface area contributed by atoms with Gasteiger partial charge in [-0.1, -0.05) is 0 Å². The van der Waals surface area contributed by atoms with Gasteiger partial charge in [0.2, 0.25) is 0 Å². The average molecular weight is 206 g/mol. The Hall–Kier alpha value is -1.62. The second-order valence-corrected chi connectivity index (χ2v) is 3.66. The van der Waals surface area contributed by atoms with Gasteiger partial charge in [-0.2, -0.15) is 10.2 Å². The molecule has 0 saturated carbocycles. The van der Waals surface area contributed by atoms with Crippen LogP contribution in [0, 0.1) is 6.92 Å². The zero-order valence-electron chi connectivity index (χ0n) is 9.05. The fourth-order valence-electron chi connectivity index (χ4n) is 1.62. The molecule has 0 aromatic carbocycles. The van der Waals surface area contributed by atoms with Crippen LogP contribution in [0.1, 0.15) is 23.1 Å². The van der Waals surface area contributed by atoms with Gasteiger partial charge in [0.05, 0.1) is 11.4 Å². The first kappa shape index (κ1) is 9.92. The van der Waals surface area contributed by atoms with E-state index in [2.05, 4.69) is 10.2 Å². The Kier molecular flexibility index (Phi) is 2.32. The lowest BCUT2D eigenvalue weighted by molar-refractivity contribution is 0.213. The molecule has 1 unspecified atom stereocenters. The van der Waals surface area contributed by atoms with E-state index >= 15 is 0 Å². The Morgan fingerprint density at radius 3 is 2.47 bits per heavy atom. The van der Waals surface area contributed by atoms with Crippen molar-refractivity contribution in [2.45, 2.75) is 13.0 Å². The molecule has 0 aliphatic rings. The van der Waals surface area contributed by atoms with Gasteiger partial charge in [0.25, 0.3) is 0 Å². The van der Waals surface area contributed by atoms with E-state index in [1.54, 1.807) is 15.4 Å². The minimum absolute atomic E-state index is 0.647. The zero-order chi connectivity index (χ0) is 11.0. The molecular formula is C10H14N4O. The topological polar surface area (TPSA) is 55.9 Å². The van der Waals surface area contributed by atoms with Gasteiger partial charge in [-0.3, -0.25) is 9.36 Å². The monoisotopic (exact) mass is 206 g/mol. The van der Waals surface area contributed by atoms with Crippen LogP contribution in [0.3, 0.4) is 0 Å². The van der Waals surface area contributed by atoms with E-state index in [1.165, 1.54) is 0 Å². The number of aromatic nitrogens is 4. The molecule has 5 nitrogen and oxygen atoms in total. The van der Waals surface area contributed by atoms with Crippen molar-refractivity contribution in [3.8, 4) is 0 Å². The molecule has 2 rings (SSSR count). The first-order valence-corrected chi connectivity index (χ1v) is 4.75. The smallest absolute Gasteiger partial charge is 0.126 e. The molecule has 5 heteroatoms. The third kappa shape index (κ3) is 1.78. The fourth-order valence-corrected chi connectivity index (χ4v) is 1.62. The molecule has 0 radical (unpaired) electrons. The van der Waals surface area contributed by atoms with Gasteiger partial charge in [0.1, 0.15) is 6.10 Å². The van der Waals surface area contributed by atoms with Crippen LogP contribution in [0.5, 0.6) is 0 Å². The predicted molar refractivity (Wildman–Crippen MR) is 55.2 cm³/mol. The summed E-state index contributed by atoms with van der Waals surface area (Å²) in [5, 5.41) is 18.4. The summed E-state index contributed by atoms with van der Waals surface area (Å²) < 4.78 is 3.36. The van der Waals surface area contributed by atoms with Crippen molar-refractivity contribution >= 4 is 0 Å². The highest BCUT2D eigenvalue weighted by atomic mass is 16.3. The van der Waals surface area contributed by atoms with Crippen LogP contribution < -0.4 is 0 Å². The molecule has 80 valence electrons. The Morgan fingerprint density at radius 1 is 1.27 bits per heavy atom. The van der Waals surface area contributed by atoms with Crippen LogP contribution in [0.15, 0.2) is 18.5 Å². The molecule has 2 heterocycles. The number of aliphatic hydroxyl groups excluding tert-OH is 1. The van der Waals surface area contributed by atoms with Gasteiger partial charge in [0, 0.05) is 32.1 Å². The summed E-state index contributed by atoms with van der Waals surface area (Å²) in [6.45, 7) is 1.88. The summed E-state index contributed by atoms with van der Waals surface area (Å²) in [5.74, 6) is 0. The Bertz CT molecular complexity index is 471. The molecule has 2 aromatic rings. The third-order valence-corrected chi connectivity index (χ3v) is 2.36. The summed E-state index contributed by atoms with van der Waals surface area (Å²) in [7, 11) is 3.66. The molecule has 0 spiro atoms. The Morgan fingerprint density at radius 2 is 2.00 bits per heavy atom. The molecule has 1 atom stereocenters. The largest absolute Gasteiger partial charge is 0.382 e. The van der Waals surface area contributed by atoms with Crippen LogP contribution in [0.25, 0.3) is 0 Å². The van der Waals surface area contributed by atoms with Gasteiger partial charge < -0.3 is 5.11 Å². The van der Waals surface area contributed by atoms with Gasteiger partial charge >= 0.3 is 0 Å². The van der Waals surface area contributed by atoms with Gasteiger partial charge in [0.15, 0.2) is 0 Å². The molecule has 1 N–H and O–H groups in total. The maximum Gasteiger partial charge on any atom is 0.126 e. The molecule has 15 heavy (non-hydrogen) atoms. The maximum absolute atomic E-state index is 10.1. The quantitative estimate of drug-likeness (QED) is 0.780. The average Bonchev–Trinajstić information content (AvgIpc) is 2.71. The van der Waals surface area contributed by atoms with E-state index in [4.69, 9.17) is 0 Å². The number of aliphatic hydroxyl groups is 1. The number of rotatable bonds is 2. The van der Waals surface area contributed by atoms with E-state index in [-0.39, 0.29) is 0 Å². The lowest BCUT2D eigenvalue weighted by Crippen LogP contribution is -2.02. The lowest BCUT2D eigenvalue weighted by Gasteiger charge is -2.05.